The summed E-state index contributed by atoms with van der Waals surface area (Å²) in [6.45, 7) is 0. The second kappa shape index (κ2) is 5.84. The SMILES string of the molecule is Cn1c(/C(C#N)=C\c2cccc(Cl)c2Cl)nc2ccccc21. The fraction of sp³-hybridized carbons (Fsp3) is 0.0588. The van der Waals surface area contributed by atoms with Gasteiger partial charge in [-0.3, -0.25) is 0 Å². The Morgan fingerprint density at radius 1 is 1.18 bits per heavy atom. The third-order valence-electron chi connectivity index (χ3n) is 3.43. The van der Waals surface area contributed by atoms with Gasteiger partial charge in [0.1, 0.15) is 6.07 Å². The van der Waals surface area contributed by atoms with Gasteiger partial charge >= 0.3 is 0 Å². The van der Waals surface area contributed by atoms with Crippen LogP contribution in [0.15, 0.2) is 42.5 Å². The average molecular weight is 328 g/mol. The Hall–Kier alpha value is -2.28. The number of hydrogen-bond donors (Lipinski definition) is 0. The number of aromatic nitrogens is 2. The summed E-state index contributed by atoms with van der Waals surface area (Å²) in [6, 6.07) is 15.3. The molecule has 0 fully saturated rings. The first-order valence-electron chi connectivity index (χ1n) is 6.59. The highest BCUT2D eigenvalue weighted by Gasteiger charge is 2.13. The normalized spacial score (nSPS) is 11.6. The molecule has 0 atom stereocenters. The highest BCUT2D eigenvalue weighted by Crippen LogP contribution is 2.29. The highest BCUT2D eigenvalue weighted by atomic mass is 35.5. The van der Waals surface area contributed by atoms with Gasteiger partial charge in [0.15, 0.2) is 5.82 Å². The van der Waals surface area contributed by atoms with Crippen LogP contribution in [0.5, 0.6) is 0 Å². The number of hydrogen-bond acceptors (Lipinski definition) is 2. The van der Waals surface area contributed by atoms with Crippen LogP contribution in [-0.4, -0.2) is 9.55 Å². The molecule has 0 unspecified atom stereocenters. The monoisotopic (exact) mass is 327 g/mol. The third kappa shape index (κ3) is 2.48. The third-order valence-corrected chi connectivity index (χ3v) is 4.26. The number of fused-ring (bicyclic) bond motifs is 1. The molecule has 0 saturated carbocycles. The van der Waals surface area contributed by atoms with Gasteiger partial charge in [0.25, 0.3) is 0 Å². The smallest absolute Gasteiger partial charge is 0.151 e. The lowest BCUT2D eigenvalue weighted by molar-refractivity contribution is 0.925. The maximum atomic E-state index is 9.50. The molecule has 1 heterocycles. The molecule has 3 nitrogen and oxygen atoms in total. The minimum Gasteiger partial charge on any atom is -0.327 e. The highest BCUT2D eigenvalue weighted by molar-refractivity contribution is 6.43. The van der Waals surface area contributed by atoms with Crippen LogP contribution in [0.25, 0.3) is 22.7 Å². The first-order valence-corrected chi connectivity index (χ1v) is 7.35. The number of nitriles is 1. The molecule has 1 aromatic heterocycles. The Kier molecular flexibility index (Phi) is 3.89. The second-order valence-corrected chi connectivity index (χ2v) is 5.58. The zero-order chi connectivity index (χ0) is 15.7. The maximum absolute atomic E-state index is 9.50. The lowest BCUT2D eigenvalue weighted by atomic mass is 10.1. The summed E-state index contributed by atoms with van der Waals surface area (Å²) in [4.78, 5) is 4.53. The molecule has 0 bridgehead atoms. The standard InChI is InChI=1S/C17H11Cl2N3/c1-22-15-8-3-2-7-14(15)21-17(22)12(10-20)9-11-5-4-6-13(18)16(11)19/h2-9H,1H3/b12-9-. The van der Waals surface area contributed by atoms with Gasteiger partial charge in [-0.2, -0.15) is 5.26 Å². The average Bonchev–Trinajstić information content (AvgIpc) is 2.86. The van der Waals surface area contributed by atoms with Crippen molar-refractivity contribution in [1.82, 2.24) is 9.55 Å². The van der Waals surface area contributed by atoms with E-state index in [1.807, 2.05) is 41.9 Å². The number of aryl methyl sites for hydroxylation is 1. The number of halogens is 2. The quantitative estimate of drug-likeness (QED) is 0.625. The number of nitrogens with zero attached hydrogens (tertiary/aromatic N) is 3. The summed E-state index contributed by atoms with van der Waals surface area (Å²) in [5, 5.41) is 10.4. The van der Waals surface area contributed by atoms with Crippen LogP contribution in [0.4, 0.5) is 0 Å². The molecule has 0 saturated heterocycles. The van der Waals surface area contributed by atoms with Crippen LogP contribution in [0.1, 0.15) is 11.4 Å². The van der Waals surface area contributed by atoms with Crippen LogP contribution in [0.3, 0.4) is 0 Å². The van der Waals surface area contributed by atoms with E-state index in [1.54, 1.807) is 18.2 Å². The minimum atomic E-state index is 0.427. The summed E-state index contributed by atoms with van der Waals surface area (Å²) in [5.74, 6) is 0.597. The number of allylic oxidation sites excluding steroid dienone is 1. The van der Waals surface area contributed by atoms with E-state index in [1.165, 1.54) is 0 Å². The van der Waals surface area contributed by atoms with Crippen molar-refractivity contribution in [3.63, 3.8) is 0 Å². The van der Waals surface area contributed by atoms with Gasteiger partial charge in [-0.1, -0.05) is 47.5 Å². The van der Waals surface area contributed by atoms with Crippen LogP contribution in [0, 0.1) is 11.3 Å². The van der Waals surface area contributed by atoms with Crippen LogP contribution >= 0.6 is 23.2 Å². The van der Waals surface area contributed by atoms with E-state index in [9.17, 15) is 5.26 Å². The number of imidazole rings is 1. The fourth-order valence-corrected chi connectivity index (χ4v) is 2.68. The van der Waals surface area contributed by atoms with Gasteiger partial charge in [0.05, 0.1) is 26.7 Å². The first-order chi connectivity index (χ1) is 10.6. The lowest BCUT2D eigenvalue weighted by Gasteiger charge is -2.03. The molecule has 5 heteroatoms. The molecular weight excluding hydrogens is 317 g/mol. The van der Waals surface area contributed by atoms with Gasteiger partial charge in [-0.05, 0) is 29.8 Å². The van der Waals surface area contributed by atoms with E-state index >= 15 is 0 Å². The van der Waals surface area contributed by atoms with E-state index in [4.69, 9.17) is 23.2 Å². The zero-order valence-electron chi connectivity index (χ0n) is 11.7. The molecule has 3 aromatic rings. The Bertz CT molecular complexity index is 933. The summed E-state index contributed by atoms with van der Waals surface area (Å²) < 4.78 is 1.89. The molecule has 22 heavy (non-hydrogen) atoms. The van der Waals surface area contributed by atoms with Gasteiger partial charge in [-0.25, -0.2) is 4.98 Å². The molecule has 0 N–H and O–H groups in total. The predicted molar refractivity (Wildman–Crippen MR) is 90.7 cm³/mol. The van der Waals surface area contributed by atoms with Crippen molar-refractivity contribution in [3.05, 3.63) is 63.9 Å². The van der Waals surface area contributed by atoms with Crippen molar-refractivity contribution in [1.29, 1.82) is 5.26 Å². The van der Waals surface area contributed by atoms with Crippen molar-refractivity contribution < 1.29 is 0 Å². The van der Waals surface area contributed by atoms with Crippen molar-refractivity contribution >= 4 is 45.9 Å². The van der Waals surface area contributed by atoms with Crippen LogP contribution in [0.2, 0.25) is 10.0 Å². The molecule has 0 radical (unpaired) electrons. The van der Waals surface area contributed by atoms with Gasteiger partial charge in [0.2, 0.25) is 0 Å². The Labute approximate surface area is 138 Å². The molecule has 0 aliphatic rings. The van der Waals surface area contributed by atoms with Crippen molar-refractivity contribution in [2.24, 2.45) is 7.05 Å². The Balaban J connectivity index is 2.18. The van der Waals surface area contributed by atoms with Gasteiger partial charge < -0.3 is 4.57 Å². The Morgan fingerprint density at radius 3 is 2.68 bits per heavy atom. The number of rotatable bonds is 2. The van der Waals surface area contributed by atoms with Crippen LogP contribution in [-0.2, 0) is 7.05 Å². The van der Waals surface area contributed by atoms with E-state index < -0.39 is 0 Å². The fourth-order valence-electron chi connectivity index (χ4n) is 2.32. The summed E-state index contributed by atoms with van der Waals surface area (Å²) >= 11 is 12.2. The van der Waals surface area contributed by atoms with Gasteiger partial charge in [0, 0.05) is 7.05 Å². The molecule has 108 valence electrons. The zero-order valence-corrected chi connectivity index (χ0v) is 13.2. The number of benzene rings is 2. The summed E-state index contributed by atoms with van der Waals surface area (Å²) in [6.07, 6.45) is 1.70. The minimum absolute atomic E-state index is 0.427. The molecule has 0 spiro atoms. The van der Waals surface area contributed by atoms with Crippen LogP contribution < -0.4 is 0 Å². The molecule has 3 rings (SSSR count). The van der Waals surface area contributed by atoms with Crippen molar-refractivity contribution in [2.45, 2.75) is 0 Å². The molecule has 0 aliphatic carbocycles. The first kappa shape index (κ1) is 14.6. The summed E-state index contributed by atoms with van der Waals surface area (Å²) in [5.41, 5.74) is 2.94. The van der Waals surface area contributed by atoms with E-state index in [0.717, 1.165) is 11.0 Å². The largest absolute Gasteiger partial charge is 0.327 e. The van der Waals surface area contributed by atoms with E-state index in [2.05, 4.69) is 11.1 Å². The van der Waals surface area contributed by atoms with E-state index in [0.29, 0.717) is 27.0 Å². The predicted octanol–water partition coefficient (Wildman–Crippen LogP) is 4.94. The molecule has 0 amide bonds. The van der Waals surface area contributed by atoms with Crippen molar-refractivity contribution in [2.75, 3.05) is 0 Å². The van der Waals surface area contributed by atoms with E-state index in [-0.39, 0.29) is 0 Å². The maximum Gasteiger partial charge on any atom is 0.151 e. The lowest BCUT2D eigenvalue weighted by Crippen LogP contribution is -1.96. The summed E-state index contributed by atoms with van der Waals surface area (Å²) in [7, 11) is 1.88. The number of para-hydroxylation sites is 2. The van der Waals surface area contributed by atoms with Gasteiger partial charge in [-0.15, -0.1) is 0 Å². The molecular formula is C17H11Cl2N3. The molecule has 2 aromatic carbocycles. The second-order valence-electron chi connectivity index (χ2n) is 4.80. The molecule has 0 aliphatic heterocycles. The van der Waals surface area contributed by atoms with Crippen molar-refractivity contribution in [3.8, 4) is 6.07 Å². The topological polar surface area (TPSA) is 41.6 Å². The Morgan fingerprint density at radius 2 is 1.95 bits per heavy atom.